The van der Waals surface area contributed by atoms with Crippen LogP contribution in [-0.4, -0.2) is 18.6 Å². The third-order valence-corrected chi connectivity index (χ3v) is 4.18. The first-order chi connectivity index (χ1) is 11.0. The number of carbonyl (C=O) groups excluding carboxylic acids is 1. The van der Waals surface area contributed by atoms with Crippen molar-refractivity contribution in [2.45, 2.75) is 64.9 Å². The van der Waals surface area contributed by atoms with Crippen LogP contribution in [0, 0.1) is 0 Å². The van der Waals surface area contributed by atoms with Crippen LogP contribution >= 0.6 is 23.2 Å². The standard InChI is InChI=1S/C18H27Cl2NO2/c1-3-4-5-6-7-8-9-12-21-18(22)14(2)23-17-11-10-15(19)13-16(17)20/h10-11,13-14H,3-9,12H2,1-2H3,(H,21,22). The molecule has 0 saturated heterocycles. The van der Waals surface area contributed by atoms with Crippen LogP contribution in [-0.2, 0) is 4.79 Å². The SMILES string of the molecule is CCCCCCCCCNC(=O)C(C)Oc1ccc(Cl)cc1Cl. The van der Waals surface area contributed by atoms with Crippen molar-refractivity contribution in [2.24, 2.45) is 0 Å². The number of hydrogen-bond acceptors (Lipinski definition) is 2. The number of halogens is 2. The van der Waals surface area contributed by atoms with Crippen molar-refractivity contribution in [2.75, 3.05) is 6.54 Å². The van der Waals surface area contributed by atoms with E-state index < -0.39 is 6.10 Å². The minimum atomic E-state index is -0.585. The largest absolute Gasteiger partial charge is 0.479 e. The molecule has 3 nitrogen and oxygen atoms in total. The molecule has 1 N–H and O–H groups in total. The summed E-state index contributed by atoms with van der Waals surface area (Å²) in [6, 6.07) is 4.96. The minimum Gasteiger partial charge on any atom is -0.479 e. The first kappa shape index (κ1) is 20.1. The zero-order valence-corrected chi connectivity index (χ0v) is 15.6. The maximum absolute atomic E-state index is 12.0. The fourth-order valence-corrected chi connectivity index (χ4v) is 2.71. The molecule has 1 amide bonds. The molecule has 0 aromatic heterocycles. The lowest BCUT2D eigenvalue weighted by Gasteiger charge is -2.15. The Balaban J connectivity index is 2.19. The van der Waals surface area contributed by atoms with Gasteiger partial charge in [-0.05, 0) is 31.5 Å². The molecule has 130 valence electrons. The van der Waals surface area contributed by atoms with Crippen molar-refractivity contribution in [3.8, 4) is 5.75 Å². The highest BCUT2D eigenvalue weighted by Gasteiger charge is 2.15. The summed E-state index contributed by atoms with van der Waals surface area (Å²) in [6.45, 7) is 4.62. The van der Waals surface area contributed by atoms with Gasteiger partial charge in [-0.1, -0.05) is 68.7 Å². The summed E-state index contributed by atoms with van der Waals surface area (Å²) in [6.07, 6.45) is 8.01. The molecule has 0 aliphatic carbocycles. The van der Waals surface area contributed by atoms with Gasteiger partial charge in [0.2, 0.25) is 0 Å². The lowest BCUT2D eigenvalue weighted by Crippen LogP contribution is -2.36. The fraction of sp³-hybridized carbons (Fsp3) is 0.611. The summed E-state index contributed by atoms with van der Waals surface area (Å²) in [5, 5.41) is 3.85. The third kappa shape index (κ3) is 8.47. The van der Waals surface area contributed by atoms with Gasteiger partial charge in [-0.2, -0.15) is 0 Å². The van der Waals surface area contributed by atoms with Crippen molar-refractivity contribution in [3.05, 3.63) is 28.2 Å². The minimum absolute atomic E-state index is 0.123. The van der Waals surface area contributed by atoms with Crippen LogP contribution in [0.2, 0.25) is 10.0 Å². The predicted octanol–water partition coefficient (Wildman–Crippen LogP) is 5.63. The monoisotopic (exact) mass is 359 g/mol. The Labute approximate surface area is 149 Å². The van der Waals surface area contributed by atoms with Crippen LogP contribution in [0.25, 0.3) is 0 Å². The van der Waals surface area contributed by atoms with Gasteiger partial charge in [0.1, 0.15) is 5.75 Å². The van der Waals surface area contributed by atoms with Gasteiger partial charge >= 0.3 is 0 Å². The molecule has 0 aliphatic rings. The molecular formula is C18H27Cl2NO2. The van der Waals surface area contributed by atoms with Crippen molar-refractivity contribution in [1.29, 1.82) is 0 Å². The molecule has 0 fully saturated rings. The molecule has 0 saturated carbocycles. The van der Waals surface area contributed by atoms with Gasteiger partial charge in [0.15, 0.2) is 6.10 Å². The zero-order chi connectivity index (χ0) is 17.1. The average molecular weight is 360 g/mol. The van der Waals surface area contributed by atoms with E-state index in [0.717, 1.165) is 12.8 Å². The van der Waals surface area contributed by atoms with E-state index in [2.05, 4.69) is 12.2 Å². The Kier molecular flexibility index (Phi) is 10.1. The second-order valence-electron chi connectivity index (χ2n) is 5.75. The normalized spacial score (nSPS) is 12.0. The van der Waals surface area contributed by atoms with Crippen molar-refractivity contribution in [1.82, 2.24) is 5.32 Å². The summed E-state index contributed by atoms with van der Waals surface area (Å²) in [7, 11) is 0. The number of rotatable bonds is 11. The van der Waals surface area contributed by atoms with E-state index in [4.69, 9.17) is 27.9 Å². The van der Waals surface area contributed by atoms with Crippen molar-refractivity contribution < 1.29 is 9.53 Å². The summed E-state index contributed by atoms with van der Waals surface area (Å²) < 4.78 is 5.58. The lowest BCUT2D eigenvalue weighted by atomic mass is 10.1. The fourth-order valence-electron chi connectivity index (χ4n) is 2.25. The number of benzene rings is 1. The Hall–Kier alpha value is -0.930. The summed E-state index contributed by atoms with van der Waals surface area (Å²) in [5.41, 5.74) is 0. The molecule has 5 heteroatoms. The van der Waals surface area contributed by atoms with E-state index in [9.17, 15) is 4.79 Å². The van der Waals surface area contributed by atoms with Crippen LogP contribution in [0.4, 0.5) is 0 Å². The Bertz CT molecular complexity index is 480. The molecule has 0 aliphatic heterocycles. The molecular weight excluding hydrogens is 333 g/mol. The molecule has 1 unspecified atom stereocenters. The van der Waals surface area contributed by atoms with Gasteiger partial charge < -0.3 is 10.1 Å². The van der Waals surface area contributed by atoms with Gasteiger partial charge in [0.25, 0.3) is 5.91 Å². The molecule has 0 spiro atoms. The second kappa shape index (κ2) is 11.6. The lowest BCUT2D eigenvalue weighted by molar-refractivity contribution is -0.127. The van der Waals surface area contributed by atoms with Gasteiger partial charge in [-0.3, -0.25) is 4.79 Å². The predicted molar refractivity (Wildman–Crippen MR) is 97.6 cm³/mol. The van der Waals surface area contributed by atoms with Gasteiger partial charge in [-0.15, -0.1) is 0 Å². The molecule has 1 aromatic carbocycles. The van der Waals surface area contributed by atoms with E-state index >= 15 is 0 Å². The number of unbranched alkanes of at least 4 members (excludes halogenated alkanes) is 6. The van der Waals surface area contributed by atoms with Crippen molar-refractivity contribution >= 4 is 29.1 Å². The Morgan fingerprint density at radius 2 is 1.78 bits per heavy atom. The number of carbonyl (C=O) groups is 1. The van der Waals surface area contributed by atoms with Crippen LogP contribution in [0.3, 0.4) is 0 Å². The van der Waals surface area contributed by atoms with E-state index in [1.807, 2.05) is 0 Å². The van der Waals surface area contributed by atoms with E-state index in [0.29, 0.717) is 22.3 Å². The maximum atomic E-state index is 12.0. The molecule has 0 bridgehead atoms. The highest BCUT2D eigenvalue weighted by atomic mass is 35.5. The average Bonchev–Trinajstić information content (AvgIpc) is 2.52. The Morgan fingerprint density at radius 3 is 2.43 bits per heavy atom. The summed E-state index contributed by atoms with van der Waals surface area (Å²) in [5.74, 6) is 0.344. The molecule has 1 atom stereocenters. The number of hydrogen-bond donors (Lipinski definition) is 1. The molecule has 0 radical (unpaired) electrons. The van der Waals surface area contributed by atoms with Gasteiger partial charge in [0, 0.05) is 11.6 Å². The van der Waals surface area contributed by atoms with Crippen LogP contribution in [0.5, 0.6) is 5.75 Å². The number of ether oxygens (including phenoxy) is 1. The van der Waals surface area contributed by atoms with Crippen molar-refractivity contribution in [3.63, 3.8) is 0 Å². The van der Waals surface area contributed by atoms with E-state index in [1.54, 1.807) is 25.1 Å². The van der Waals surface area contributed by atoms with Gasteiger partial charge in [-0.25, -0.2) is 0 Å². The van der Waals surface area contributed by atoms with Crippen LogP contribution < -0.4 is 10.1 Å². The maximum Gasteiger partial charge on any atom is 0.260 e. The second-order valence-corrected chi connectivity index (χ2v) is 6.59. The highest BCUT2D eigenvalue weighted by Crippen LogP contribution is 2.28. The molecule has 23 heavy (non-hydrogen) atoms. The van der Waals surface area contributed by atoms with Gasteiger partial charge in [0.05, 0.1) is 5.02 Å². The van der Waals surface area contributed by atoms with Crippen LogP contribution in [0.1, 0.15) is 58.8 Å². The Morgan fingerprint density at radius 1 is 1.13 bits per heavy atom. The summed E-state index contributed by atoms with van der Waals surface area (Å²) >= 11 is 11.9. The zero-order valence-electron chi connectivity index (χ0n) is 14.0. The quantitative estimate of drug-likeness (QED) is 0.520. The topological polar surface area (TPSA) is 38.3 Å². The molecule has 0 heterocycles. The van der Waals surface area contributed by atoms with E-state index in [1.165, 1.54) is 32.1 Å². The molecule has 1 rings (SSSR count). The van der Waals surface area contributed by atoms with Crippen LogP contribution in [0.15, 0.2) is 18.2 Å². The summed E-state index contributed by atoms with van der Waals surface area (Å²) in [4.78, 5) is 12.0. The number of nitrogens with one attached hydrogen (secondary N) is 1. The smallest absolute Gasteiger partial charge is 0.260 e. The highest BCUT2D eigenvalue weighted by molar-refractivity contribution is 6.35. The molecule has 1 aromatic rings. The first-order valence-corrected chi connectivity index (χ1v) is 9.19. The van der Waals surface area contributed by atoms with E-state index in [-0.39, 0.29) is 5.91 Å². The third-order valence-electron chi connectivity index (χ3n) is 3.65. The first-order valence-electron chi connectivity index (χ1n) is 8.44. The number of amides is 1.